The third-order valence-corrected chi connectivity index (χ3v) is 8.26. The minimum atomic E-state index is 0.845. The highest BCUT2D eigenvalue weighted by Crippen LogP contribution is 2.28. The van der Waals surface area contributed by atoms with Gasteiger partial charge in [0.25, 0.3) is 0 Å². The Balaban J connectivity index is 1.23. The maximum atomic E-state index is 2.81. The number of hydrogen-bond donors (Lipinski definition) is 0. The van der Waals surface area contributed by atoms with Gasteiger partial charge in [0, 0.05) is 12.6 Å². The van der Waals surface area contributed by atoms with E-state index in [0.717, 1.165) is 17.9 Å². The first kappa shape index (κ1) is 24.1. The van der Waals surface area contributed by atoms with Crippen molar-refractivity contribution in [2.45, 2.75) is 134 Å². The van der Waals surface area contributed by atoms with Crippen LogP contribution in [0.5, 0.6) is 0 Å². The fraction of sp³-hybridized carbons (Fsp3) is 0.862. The third-order valence-electron chi connectivity index (χ3n) is 8.26. The van der Waals surface area contributed by atoms with Crippen molar-refractivity contribution >= 4 is 0 Å². The number of rotatable bonds is 12. The lowest BCUT2D eigenvalue weighted by Gasteiger charge is -2.35. The summed E-state index contributed by atoms with van der Waals surface area (Å²) in [4.78, 5) is 2.81. The fourth-order valence-corrected chi connectivity index (χ4v) is 6.30. The van der Waals surface area contributed by atoms with Crippen LogP contribution in [0.1, 0.15) is 128 Å². The van der Waals surface area contributed by atoms with Gasteiger partial charge in [-0.1, -0.05) is 94.9 Å². The molecule has 3 rings (SSSR count). The third kappa shape index (κ3) is 9.71. The van der Waals surface area contributed by atoms with Gasteiger partial charge in [0.1, 0.15) is 0 Å². The Kier molecular flexibility index (Phi) is 12.3. The lowest BCUT2D eigenvalue weighted by molar-refractivity contribution is 0.143. The van der Waals surface area contributed by atoms with Crippen LogP contribution >= 0.6 is 0 Å². The highest BCUT2D eigenvalue weighted by atomic mass is 15.2. The second kappa shape index (κ2) is 15.3. The van der Waals surface area contributed by atoms with Gasteiger partial charge >= 0.3 is 0 Å². The highest BCUT2D eigenvalue weighted by Gasteiger charge is 2.20. The molecule has 0 spiro atoms. The zero-order valence-corrected chi connectivity index (χ0v) is 20.0. The molecule has 2 saturated carbocycles. The van der Waals surface area contributed by atoms with Crippen LogP contribution in [-0.4, -0.2) is 24.0 Å². The Labute approximate surface area is 188 Å². The van der Waals surface area contributed by atoms with Crippen LogP contribution in [0, 0.1) is 11.8 Å². The van der Waals surface area contributed by atoms with Crippen molar-refractivity contribution in [3.05, 3.63) is 24.3 Å². The molecule has 0 N–H and O–H groups in total. The van der Waals surface area contributed by atoms with Gasteiger partial charge < -0.3 is 4.90 Å². The van der Waals surface area contributed by atoms with Gasteiger partial charge in [0.2, 0.25) is 0 Å². The van der Waals surface area contributed by atoms with E-state index < -0.39 is 0 Å². The first-order chi connectivity index (χ1) is 14.9. The zero-order valence-electron chi connectivity index (χ0n) is 20.0. The number of piperidine rings is 1. The van der Waals surface area contributed by atoms with Gasteiger partial charge in [-0.05, 0) is 76.2 Å². The molecule has 30 heavy (non-hydrogen) atoms. The molecule has 0 aromatic heterocycles. The molecule has 1 heteroatoms. The number of nitrogens with zero attached hydrogens (tertiary/aromatic N) is 1. The molecule has 0 aromatic rings. The molecule has 1 atom stereocenters. The van der Waals surface area contributed by atoms with Gasteiger partial charge in [-0.3, -0.25) is 0 Å². The Morgan fingerprint density at radius 2 is 1.00 bits per heavy atom. The van der Waals surface area contributed by atoms with Crippen molar-refractivity contribution < 1.29 is 0 Å². The monoisotopic (exact) mass is 413 g/mol. The first-order valence-electron chi connectivity index (χ1n) is 14.0. The molecule has 0 bridgehead atoms. The molecule has 172 valence electrons. The van der Waals surface area contributed by atoms with Crippen molar-refractivity contribution in [3.63, 3.8) is 0 Å². The quantitative estimate of drug-likeness (QED) is 0.289. The molecule has 1 unspecified atom stereocenters. The molecule has 0 aromatic carbocycles. The molecular weight excluding hydrogens is 362 g/mol. The maximum absolute atomic E-state index is 2.81. The first-order valence-corrected chi connectivity index (χ1v) is 14.0. The normalized spacial score (nSPS) is 25.5. The summed E-state index contributed by atoms with van der Waals surface area (Å²) in [7, 11) is 0. The topological polar surface area (TPSA) is 3.24 Å². The summed E-state index contributed by atoms with van der Waals surface area (Å²) in [6.45, 7) is 2.63. The molecule has 2 aliphatic carbocycles. The Hall–Kier alpha value is -0.560. The summed E-state index contributed by atoms with van der Waals surface area (Å²) in [5.74, 6) is 2.07. The molecule has 0 radical (unpaired) electrons. The van der Waals surface area contributed by atoms with Crippen molar-refractivity contribution in [3.8, 4) is 0 Å². The molecule has 1 aliphatic heterocycles. The smallest absolute Gasteiger partial charge is 0.00983 e. The molecular formula is C29H51N. The summed E-state index contributed by atoms with van der Waals surface area (Å²) in [5, 5.41) is 0. The van der Waals surface area contributed by atoms with Crippen molar-refractivity contribution in [1.82, 2.24) is 4.90 Å². The van der Waals surface area contributed by atoms with Crippen molar-refractivity contribution in [2.75, 3.05) is 13.1 Å². The predicted molar refractivity (Wildman–Crippen MR) is 133 cm³/mol. The summed E-state index contributed by atoms with van der Waals surface area (Å²) >= 11 is 0. The molecule has 1 heterocycles. The Bertz CT molecular complexity index is 423. The number of allylic oxidation sites excluding steroid dienone is 3. The average Bonchev–Trinajstić information content (AvgIpc) is 2.80. The standard InChI is InChI=1S/C29H51N/c1(7-17-27-19-9-5-10-20-27)2-13-23-29-24-14-16-26-30(29)25-15-4-3-8-18-28-21-11-6-12-22-28/h1-4,27-29H,5-26H2. The summed E-state index contributed by atoms with van der Waals surface area (Å²) in [6.07, 6.45) is 38.6. The van der Waals surface area contributed by atoms with Crippen LogP contribution in [0.15, 0.2) is 24.3 Å². The van der Waals surface area contributed by atoms with Crippen LogP contribution in [0.3, 0.4) is 0 Å². The van der Waals surface area contributed by atoms with Crippen molar-refractivity contribution in [1.29, 1.82) is 0 Å². The van der Waals surface area contributed by atoms with E-state index in [-0.39, 0.29) is 0 Å². The average molecular weight is 414 g/mol. The maximum Gasteiger partial charge on any atom is 0.00983 e. The predicted octanol–water partition coefficient (Wildman–Crippen LogP) is 8.84. The zero-order chi connectivity index (χ0) is 20.7. The van der Waals surface area contributed by atoms with E-state index in [1.165, 1.54) is 142 Å². The van der Waals surface area contributed by atoms with Crippen LogP contribution < -0.4 is 0 Å². The molecule has 3 fully saturated rings. The number of hydrogen-bond acceptors (Lipinski definition) is 1. The largest absolute Gasteiger partial charge is 0.300 e. The lowest BCUT2D eigenvalue weighted by atomic mass is 9.86. The summed E-state index contributed by atoms with van der Waals surface area (Å²) in [6, 6.07) is 0.845. The SMILES string of the molecule is C(=CCCC1CCCCN1CCC=CCCC1CCCCC1)CCC1CCCCC1. The fourth-order valence-electron chi connectivity index (χ4n) is 6.30. The number of likely N-dealkylation sites (tertiary alicyclic amines) is 1. The van der Waals surface area contributed by atoms with Gasteiger partial charge in [-0.2, -0.15) is 0 Å². The Morgan fingerprint density at radius 1 is 0.500 bits per heavy atom. The van der Waals surface area contributed by atoms with E-state index in [0.29, 0.717) is 0 Å². The van der Waals surface area contributed by atoms with Gasteiger partial charge in [-0.15, -0.1) is 0 Å². The highest BCUT2D eigenvalue weighted by molar-refractivity contribution is 4.88. The van der Waals surface area contributed by atoms with E-state index in [2.05, 4.69) is 29.2 Å². The molecule has 1 nitrogen and oxygen atoms in total. The summed E-state index contributed by atoms with van der Waals surface area (Å²) < 4.78 is 0. The van der Waals surface area contributed by atoms with Gasteiger partial charge in [0.05, 0.1) is 0 Å². The van der Waals surface area contributed by atoms with E-state index in [1.54, 1.807) is 0 Å². The van der Waals surface area contributed by atoms with E-state index in [4.69, 9.17) is 0 Å². The van der Waals surface area contributed by atoms with Crippen LogP contribution in [0.4, 0.5) is 0 Å². The van der Waals surface area contributed by atoms with Gasteiger partial charge in [0.15, 0.2) is 0 Å². The van der Waals surface area contributed by atoms with Crippen molar-refractivity contribution in [2.24, 2.45) is 11.8 Å². The molecule has 1 saturated heterocycles. The Morgan fingerprint density at radius 3 is 1.60 bits per heavy atom. The van der Waals surface area contributed by atoms with Gasteiger partial charge in [-0.25, -0.2) is 0 Å². The van der Waals surface area contributed by atoms with E-state index in [1.807, 2.05) is 0 Å². The van der Waals surface area contributed by atoms with Crippen LogP contribution in [-0.2, 0) is 0 Å². The van der Waals surface area contributed by atoms with E-state index in [9.17, 15) is 0 Å². The minimum Gasteiger partial charge on any atom is -0.300 e. The molecule has 0 amide bonds. The lowest BCUT2D eigenvalue weighted by Crippen LogP contribution is -2.39. The van der Waals surface area contributed by atoms with Crippen LogP contribution in [0.25, 0.3) is 0 Å². The van der Waals surface area contributed by atoms with E-state index >= 15 is 0 Å². The minimum absolute atomic E-state index is 0.845. The van der Waals surface area contributed by atoms with Crippen LogP contribution in [0.2, 0.25) is 0 Å². The summed E-state index contributed by atoms with van der Waals surface area (Å²) in [5.41, 5.74) is 0. The molecule has 3 aliphatic rings. The second-order valence-electron chi connectivity index (χ2n) is 10.7. The second-order valence-corrected chi connectivity index (χ2v) is 10.7.